The number of nitrogens with one attached hydrogen (secondary N) is 1. The van der Waals surface area contributed by atoms with E-state index in [1.807, 2.05) is 36.7 Å². The van der Waals surface area contributed by atoms with E-state index in [4.69, 9.17) is 0 Å². The summed E-state index contributed by atoms with van der Waals surface area (Å²) < 4.78 is 25.2. The molecule has 26 heavy (non-hydrogen) atoms. The Labute approximate surface area is 150 Å². The zero-order chi connectivity index (χ0) is 19.1. The Morgan fingerprint density at radius 3 is 2.62 bits per heavy atom. The van der Waals surface area contributed by atoms with Gasteiger partial charge in [-0.05, 0) is 30.7 Å². The Morgan fingerprint density at radius 1 is 1.27 bits per heavy atom. The molecule has 0 spiro atoms. The van der Waals surface area contributed by atoms with Gasteiger partial charge in [0, 0.05) is 19.4 Å². The van der Waals surface area contributed by atoms with Gasteiger partial charge in [0.15, 0.2) is 9.84 Å². The van der Waals surface area contributed by atoms with Crippen molar-refractivity contribution in [2.24, 2.45) is 7.05 Å². The number of nitro benzene ring substituents is 1. The number of hydrogen-bond acceptors (Lipinski definition) is 6. The molecule has 0 unspecified atom stereocenters. The predicted octanol–water partition coefficient (Wildman–Crippen LogP) is 2.81. The van der Waals surface area contributed by atoms with Crippen molar-refractivity contribution in [2.75, 3.05) is 11.6 Å². The van der Waals surface area contributed by atoms with Gasteiger partial charge in [0.1, 0.15) is 11.5 Å². The number of aromatic nitrogens is 2. The minimum absolute atomic E-state index is 0.0897. The summed E-state index contributed by atoms with van der Waals surface area (Å²) in [6.45, 7) is 2.26. The van der Waals surface area contributed by atoms with Crippen LogP contribution in [-0.2, 0) is 23.4 Å². The van der Waals surface area contributed by atoms with Gasteiger partial charge in [0.05, 0.1) is 27.4 Å². The van der Waals surface area contributed by atoms with E-state index >= 15 is 0 Å². The molecule has 0 fully saturated rings. The van der Waals surface area contributed by atoms with Crippen LogP contribution in [0.5, 0.6) is 0 Å². The van der Waals surface area contributed by atoms with Crippen LogP contribution in [0, 0.1) is 17.0 Å². The van der Waals surface area contributed by atoms with E-state index in [1.165, 1.54) is 12.1 Å². The fourth-order valence-corrected chi connectivity index (χ4v) is 3.53. The van der Waals surface area contributed by atoms with Crippen molar-refractivity contribution in [2.45, 2.75) is 18.4 Å². The second-order valence-corrected chi connectivity index (χ2v) is 8.11. The van der Waals surface area contributed by atoms with Crippen LogP contribution in [0.25, 0.3) is 11.0 Å². The number of sulfone groups is 1. The highest BCUT2D eigenvalue weighted by atomic mass is 32.2. The number of rotatable bonds is 5. The number of para-hydroxylation sites is 1. The third-order valence-electron chi connectivity index (χ3n) is 4.22. The largest absolute Gasteiger partial charge is 0.372 e. The molecule has 3 rings (SSSR count). The summed E-state index contributed by atoms with van der Waals surface area (Å²) in [5.41, 5.74) is 2.90. The van der Waals surface area contributed by atoms with Crippen LogP contribution in [0.3, 0.4) is 0 Å². The van der Waals surface area contributed by atoms with E-state index in [2.05, 4.69) is 10.3 Å². The summed E-state index contributed by atoms with van der Waals surface area (Å²) in [5, 5.41) is 14.3. The fraction of sp³-hybridized carbons (Fsp3) is 0.235. The number of fused-ring (bicyclic) bond motifs is 1. The molecule has 1 aromatic heterocycles. The average Bonchev–Trinajstić information content (AvgIpc) is 2.89. The molecule has 0 aliphatic rings. The summed E-state index contributed by atoms with van der Waals surface area (Å²) in [7, 11) is -1.63. The minimum atomic E-state index is -3.52. The molecule has 0 aliphatic heterocycles. The van der Waals surface area contributed by atoms with Crippen molar-refractivity contribution in [3.05, 3.63) is 57.9 Å². The maximum absolute atomic E-state index is 11.6. The summed E-state index contributed by atoms with van der Waals surface area (Å²) in [6, 6.07) is 9.66. The first-order valence-corrected chi connectivity index (χ1v) is 9.71. The molecule has 136 valence electrons. The smallest absolute Gasteiger partial charge is 0.293 e. The van der Waals surface area contributed by atoms with Crippen LogP contribution in [0.15, 0.2) is 41.3 Å². The zero-order valence-electron chi connectivity index (χ0n) is 14.6. The maximum Gasteiger partial charge on any atom is 0.293 e. The predicted molar refractivity (Wildman–Crippen MR) is 99.0 cm³/mol. The lowest BCUT2D eigenvalue weighted by Gasteiger charge is -2.09. The summed E-state index contributed by atoms with van der Waals surface area (Å²) >= 11 is 0. The minimum Gasteiger partial charge on any atom is -0.372 e. The van der Waals surface area contributed by atoms with Crippen LogP contribution >= 0.6 is 0 Å². The lowest BCUT2D eigenvalue weighted by Crippen LogP contribution is -2.08. The number of nitro groups is 1. The normalized spacial score (nSPS) is 11.7. The molecule has 0 atom stereocenters. The first-order chi connectivity index (χ1) is 12.2. The van der Waals surface area contributed by atoms with E-state index < -0.39 is 14.8 Å². The number of hydrogen-bond donors (Lipinski definition) is 1. The zero-order valence-corrected chi connectivity index (χ0v) is 15.4. The van der Waals surface area contributed by atoms with Crippen molar-refractivity contribution >= 4 is 32.2 Å². The molecule has 1 N–H and O–H groups in total. The summed E-state index contributed by atoms with van der Waals surface area (Å²) in [6.07, 6.45) is 1.01. The first kappa shape index (κ1) is 17.9. The van der Waals surface area contributed by atoms with Gasteiger partial charge in [-0.15, -0.1) is 0 Å². The molecule has 2 aromatic carbocycles. The van der Waals surface area contributed by atoms with Gasteiger partial charge in [-0.1, -0.05) is 12.1 Å². The second-order valence-electron chi connectivity index (χ2n) is 6.09. The van der Waals surface area contributed by atoms with Crippen LogP contribution in [0.2, 0.25) is 0 Å². The molecule has 0 amide bonds. The van der Waals surface area contributed by atoms with Gasteiger partial charge in [-0.3, -0.25) is 10.1 Å². The first-order valence-electron chi connectivity index (χ1n) is 7.82. The van der Waals surface area contributed by atoms with Crippen LogP contribution in [0.4, 0.5) is 11.4 Å². The SMILES string of the molecule is Cc1cccc2nc(CNc3ccc(S(C)(=O)=O)cc3[N+](=O)[O-])n(C)c12. The van der Waals surface area contributed by atoms with Crippen LogP contribution in [-0.4, -0.2) is 29.1 Å². The Kier molecular flexibility index (Phi) is 4.41. The van der Waals surface area contributed by atoms with Gasteiger partial charge in [-0.25, -0.2) is 13.4 Å². The van der Waals surface area contributed by atoms with Gasteiger partial charge in [0.25, 0.3) is 5.69 Å². The van der Waals surface area contributed by atoms with Crippen LogP contribution in [0.1, 0.15) is 11.4 Å². The standard InChI is InChI=1S/C17H18N4O4S/c1-11-5-4-6-14-17(11)20(2)16(19-14)10-18-13-8-7-12(26(3,24)25)9-15(13)21(22)23/h4-9,18H,10H2,1-3H3. The fourth-order valence-electron chi connectivity index (χ4n) is 2.89. The second kappa shape index (κ2) is 6.41. The molecule has 0 saturated heterocycles. The molecule has 0 bridgehead atoms. The molecular formula is C17H18N4O4S. The van der Waals surface area contributed by atoms with Crippen LogP contribution < -0.4 is 5.32 Å². The maximum atomic E-state index is 11.6. The Morgan fingerprint density at radius 2 is 2.00 bits per heavy atom. The molecule has 0 aliphatic carbocycles. The summed E-state index contributed by atoms with van der Waals surface area (Å²) in [5.74, 6) is 0.718. The quantitative estimate of drug-likeness (QED) is 0.543. The van der Waals surface area contributed by atoms with Crippen molar-refractivity contribution in [3.63, 3.8) is 0 Å². The number of benzene rings is 2. The van der Waals surface area contributed by atoms with Gasteiger partial charge < -0.3 is 9.88 Å². The molecule has 9 heteroatoms. The van der Waals surface area contributed by atoms with E-state index in [1.54, 1.807) is 0 Å². The van der Waals surface area contributed by atoms with E-state index in [-0.39, 0.29) is 22.8 Å². The molecule has 1 heterocycles. The van der Waals surface area contributed by atoms with Crippen molar-refractivity contribution in [1.29, 1.82) is 0 Å². The highest BCUT2D eigenvalue weighted by Crippen LogP contribution is 2.28. The molecular weight excluding hydrogens is 356 g/mol. The lowest BCUT2D eigenvalue weighted by atomic mass is 10.2. The molecule has 0 radical (unpaired) electrons. The monoisotopic (exact) mass is 374 g/mol. The number of nitrogens with zero attached hydrogens (tertiary/aromatic N) is 3. The van der Waals surface area contributed by atoms with Crippen molar-refractivity contribution < 1.29 is 13.3 Å². The third kappa shape index (κ3) is 3.25. The number of imidazole rings is 1. The Hall–Kier alpha value is -2.94. The van der Waals surface area contributed by atoms with Gasteiger partial charge in [0.2, 0.25) is 0 Å². The summed E-state index contributed by atoms with van der Waals surface area (Å²) in [4.78, 5) is 15.2. The average molecular weight is 374 g/mol. The Bertz CT molecular complexity index is 1120. The number of aryl methyl sites for hydroxylation is 2. The highest BCUT2D eigenvalue weighted by Gasteiger charge is 2.19. The topological polar surface area (TPSA) is 107 Å². The number of anilines is 1. The van der Waals surface area contributed by atoms with E-state index in [9.17, 15) is 18.5 Å². The lowest BCUT2D eigenvalue weighted by molar-refractivity contribution is -0.384. The molecule has 3 aromatic rings. The van der Waals surface area contributed by atoms with Gasteiger partial charge in [-0.2, -0.15) is 0 Å². The molecule has 0 saturated carbocycles. The van der Waals surface area contributed by atoms with Crippen molar-refractivity contribution in [3.8, 4) is 0 Å². The van der Waals surface area contributed by atoms with Crippen molar-refractivity contribution in [1.82, 2.24) is 9.55 Å². The van der Waals surface area contributed by atoms with E-state index in [0.717, 1.165) is 34.7 Å². The molecule has 8 nitrogen and oxygen atoms in total. The third-order valence-corrected chi connectivity index (χ3v) is 5.33. The highest BCUT2D eigenvalue weighted by molar-refractivity contribution is 7.90. The van der Waals surface area contributed by atoms with E-state index in [0.29, 0.717) is 0 Å². The Balaban J connectivity index is 1.94. The van der Waals surface area contributed by atoms with Gasteiger partial charge >= 0.3 is 0 Å².